The maximum absolute atomic E-state index is 12.2. The van der Waals surface area contributed by atoms with E-state index in [0.29, 0.717) is 16.6 Å². The van der Waals surface area contributed by atoms with Gasteiger partial charge in [0.15, 0.2) is 0 Å². The van der Waals surface area contributed by atoms with Gasteiger partial charge < -0.3 is 5.32 Å². The fourth-order valence-corrected chi connectivity index (χ4v) is 2.96. The molecule has 0 spiro atoms. The van der Waals surface area contributed by atoms with Crippen molar-refractivity contribution >= 4 is 33.4 Å². The van der Waals surface area contributed by atoms with Crippen molar-refractivity contribution in [3.8, 4) is 0 Å². The van der Waals surface area contributed by atoms with Gasteiger partial charge in [-0.3, -0.25) is 4.79 Å². The molecule has 1 aromatic rings. The van der Waals surface area contributed by atoms with Crippen LogP contribution in [0.25, 0.3) is 0 Å². The summed E-state index contributed by atoms with van der Waals surface area (Å²) in [4.78, 5) is 12.2. The lowest BCUT2D eigenvalue weighted by Crippen LogP contribution is -2.34. The largest absolute Gasteiger partial charge is 0.349 e. The highest BCUT2D eigenvalue weighted by Crippen LogP contribution is 2.25. The topological polar surface area (TPSA) is 29.1 Å². The Hall–Kier alpha value is -0.540. The van der Waals surface area contributed by atoms with Crippen LogP contribution in [0.1, 0.15) is 49.4 Å². The van der Waals surface area contributed by atoms with E-state index in [1.807, 2.05) is 6.07 Å². The van der Waals surface area contributed by atoms with Gasteiger partial charge in [-0.25, -0.2) is 0 Å². The van der Waals surface area contributed by atoms with Gasteiger partial charge in [-0.2, -0.15) is 0 Å². The van der Waals surface area contributed by atoms with Crippen molar-refractivity contribution in [1.29, 1.82) is 0 Å². The summed E-state index contributed by atoms with van der Waals surface area (Å²) >= 11 is 9.35. The minimum atomic E-state index is -0.0195. The molecule has 1 fully saturated rings. The van der Waals surface area contributed by atoms with Gasteiger partial charge in [-0.15, -0.1) is 0 Å². The maximum atomic E-state index is 12.2. The molecule has 2 nitrogen and oxygen atoms in total. The Labute approximate surface area is 128 Å². The van der Waals surface area contributed by atoms with E-state index in [1.54, 1.807) is 12.1 Å². The van der Waals surface area contributed by atoms with Crippen LogP contribution in [0.4, 0.5) is 0 Å². The van der Waals surface area contributed by atoms with E-state index in [4.69, 9.17) is 11.6 Å². The summed E-state index contributed by atoms with van der Waals surface area (Å²) < 4.78 is 0.814. The minimum Gasteiger partial charge on any atom is -0.349 e. The number of rotatable bonds is 2. The molecule has 0 saturated heterocycles. The number of benzene rings is 1. The zero-order chi connectivity index (χ0) is 13.8. The third-order valence-electron chi connectivity index (χ3n) is 3.77. The molecule has 2 unspecified atom stereocenters. The van der Waals surface area contributed by atoms with Gasteiger partial charge in [0.1, 0.15) is 0 Å². The van der Waals surface area contributed by atoms with E-state index in [2.05, 4.69) is 28.2 Å². The molecule has 1 N–H and O–H groups in total. The fourth-order valence-electron chi connectivity index (χ4n) is 2.54. The Kier molecular flexibility index (Phi) is 5.28. The summed E-state index contributed by atoms with van der Waals surface area (Å²) in [5.41, 5.74) is 0.630. The van der Waals surface area contributed by atoms with Crippen LogP contribution >= 0.6 is 27.5 Å². The molecule has 1 aromatic carbocycles. The van der Waals surface area contributed by atoms with Crippen LogP contribution in [0.2, 0.25) is 5.02 Å². The van der Waals surface area contributed by atoms with Gasteiger partial charge in [0.05, 0.1) is 5.02 Å². The number of nitrogens with one attached hydrogen (secondary N) is 1. The molecule has 1 amide bonds. The standard InChI is InChI=1S/C15H19BrClNO/c1-10-3-2-4-12(7-5-10)18-15(19)11-6-8-13(16)14(17)9-11/h6,8-10,12H,2-5,7H2,1H3,(H,18,19). The summed E-state index contributed by atoms with van der Waals surface area (Å²) in [5.74, 6) is 0.762. The molecule has 104 valence electrons. The Bertz CT molecular complexity index is 463. The van der Waals surface area contributed by atoms with E-state index in [9.17, 15) is 4.79 Å². The first-order valence-corrected chi connectivity index (χ1v) is 7.99. The molecule has 19 heavy (non-hydrogen) atoms. The highest BCUT2D eigenvalue weighted by atomic mass is 79.9. The van der Waals surface area contributed by atoms with Crippen LogP contribution in [0, 0.1) is 5.92 Å². The molecule has 0 bridgehead atoms. The van der Waals surface area contributed by atoms with Gasteiger partial charge in [-0.05, 0) is 59.3 Å². The average Bonchev–Trinajstić information content (AvgIpc) is 2.58. The summed E-state index contributed by atoms with van der Waals surface area (Å²) in [6.07, 6.45) is 5.84. The van der Waals surface area contributed by atoms with E-state index < -0.39 is 0 Å². The number of carbonyl (C=O) groups is 1. The average molecular weight is 345 g/mol. The predicted octanol–water partition coefficient (Wildman–Crippen LogP) is 4.80. The second-order valence-corrected chi connectivity index (χ2v) is 6.67. The summed E-state index contributed by atoms with van der Waals surface area (Å²) in [5, 5.41) is 3.70. The lowest BCUT2D eigenvalue weighted by atomic mass is 10.0. The summed E-state index contributed by atoms with van der Waals surface area (Å²) in [6.45, 7) is 2.29. The van der Waals surface area contributed by atoms with Gasteiger partial charge in [0.25, 0.3) is 5.91 Å². The van der Waals surface area contributed by atoms with E-state index >= 15 is 0 Å². The Morgan fingerprint density at radius 3 is 2.84 bits per heavy atom. The molecule has 0 aliphatic heterocycles. The highest BCUT2D eigenvalue weighted by Gasteiger charge is 2.18. The number of amides is 1. The monoisotopic (exact) mass is 343 g/mol. The van der Waals surface area contributed by atoms with Gasteiger partial charge in [0, 0.05) is 16.1 Å². The molecule has 4 heteroatoms. The number of halogens is 2. The Balaban J connectivity index is 1.98. The second-order valence-electron chi connectivity index (χ2n) is 5.41. The normalized spacial score (nSPS) is 23.7. The van der Waals surface area contributed by atoms with Crippen molar-refractivity contribution in [2.24, 2.45) is 5.92 Å². The smallest absolute Gasteiger partial charge is 0.251 e. The van der Waals surface area contributed by atoms with Crippen LogP contribution < -0.4 is 5.32 Å². The van der Waals surface area contributed by atoms with Crippen molar-refractivity contribution in [2.75, 3.05) is 0 Å². The molecule has 1 aliphatic carbocycles. The third-order valence-corrected chi connectivity index (χ3v) is 5.01. The van der Waals surface area contributed by atoms with Crippen molar-refractivity contribution in [2.45, 2.75) is 45.1 Å². The van der Waals surface area contributed by atoms with Gasteiger partial charge >= 0.3 is 0 Å². The second kappa shape index (κ2) is 6.76. The Morgan fingerprint density at radius 2 is 2.11 bits per heavy atom. The number of carbonyl (C=O) groups excluding carboxylic acids is 1. The van der Waals surface area contributed by atoms with E-state index in [0.717, 1.165) is 23.2 Å². The molecule has 1 saturated carbocycles. The van der Waals surface area contributed by atoms with Crippen molar-refractivity contribution in [1.82, 2.24) is 5.32 Å². The third kappa shape index (κ3) is 4.22. The molecule has 0 aromatic heterocycles. The molecular weight excluding hydrogens is 326 g/mol. The Morgan fingerprint density at radius 1 is 1.32 bits per heavy atom. The fraction of sp³-hybridized carbons (Fsp3) is 0.533. The summed E-state index contributed by atoms with van der Waals surface area (Å²) in [7, 11) is 0. The van der Waals surface area contributed by atoms with Gasteiger partial charge in [0.2, 0.25) is 0 Å². The molecule has 2 rings (SSSR count). The lowest BCUT2D eigenvalue weighted by molar-refractivity contribution is 0.0933. The first kappa shape index (κ1) is 14.9. The number of hydrogen-bond donors (Lipinski definition) is 1. The minimum absolute atomic E-state index is 0.0195. The molecule has 2 atom stereocenters. The highest BCUT2D eigenvalue weighted by molar-refractivity contribution is 9.10. The zero-order valence-corrected chi connectivity index (χ0v) is 13.4. The predicted molar refractivity (Wildman–Crippen MR) is 82.7 cm³/mol. The van der Waals surface area contributed by atoms with Crippen LogP contribution in [-0.4, -0.2) is 11.9 Å². The van der Waals surface area contributed by atoms with Crippen LogP contribution in [0.3, 0.4) is 0 Å². The first-order valence-electron chi connectivity index (χ1n) is 6.82. The molecule has 0 radical (unpaired) electrons. The van der Waals surface area contributed by atoms with Crippen molar-refractivity contribution < 1.29 is 4.79 Å². The number of hydrogen-bond acceptors (Lipinski definition) is 1. The van der Waals surface area contributed by atoms with Crippen LogP contribution in [0.5, 0.6) is 0 Å². The molecule has 0 heterocycles. The lowest BCUT2D eigenvalue weighted by Gasteiger charge is -2.16. The van der Waals surface area contributed by atoms with Crippen LogP contribution in [0.15, 0.2) is 22.7 Å². The van der Waals surface area contributed by atoms with Crippen molar-refractivity contribution in [3.05, 3.63) is 33.3 Å². The van der Waals surface area contributed by atoms with Crippen LogP contribution in [-0.2, 0) is 0 Å². The molecular formula is C15H19BrClNO. The van der Waals surface area contributed by atoms with E-state index in [-0.39, 0.29) is 5.91 Å². The first-order chi connectivity index (χ1) is 9.06. The summed E-state index contributed by atoms with van der Waals surface area (Å²) in [6, 6.07) is 5.62. The zero-order valence-electron chi connectivity index (χ0n) is 11.1. The quantitative estimate of drug-likeness (QED) is 0.767. The van der Waals surface area contributed by atoms with Gasteiger partial charge in [-0.1, -0.05) is 31.4 Å². The SMILES string of the molecule is CC1CCCC(NC(=O)c2ccc(Br)c(Cl)c2)CC1. The van der Waals surface area contributed by atoms with Crippen molar-refractivity contribution in [3.63, 3.8) is 0 Å². The maximum Gasteiger partial charge on any atom is 0.251 e. The van der Waals surface area contributed by atoms with E-state index in [1.165, 1.54) is 19.3 Å². The molecule has 1 aliphatic rings.